The van der Waals surface area contributed by atoms with Crippen LogP contribution in [-0.2, 0) is 6.42 Å². The molecule has 1 aliphatic heterocycles. The Balaban J connectivity index is 1.87. The second kappa shape index (κ2) is 8.54. The largest absolute Gasteiger partial charge is 0.354 e. The predicted molar refractivity (Wildman–Crippen MR) is 108 cm³/mol. The Morgan fingerprint density at radius 2 is 1.93 bits per heavy atom. The Kier molecular flexibility index (Phi) is 6.11. The second-order valence-corrected chi connectivity index (χ2v) is 7.47. The molecule has 3 rings (SSSR count). The third-order valence-corrected chi connectivity index (χ3v) is 5.02. The molecule has 0 saturated carbocycles. The second-order valence-electron chi connectivity index (χ2n) is 7.47. The van der Waals surface area contributed by atoms with Crippen molar-refractivity contribution in [2.45, 2.75) is 26.7 Å². The Morgan fingerprint density at radius 1 is 1.14 bits per heavy atom. The van der Waals surface area contributed by atoms with Crippen molar-refractivity contribution in [1.82, 2.24) is 19.8 Å². The zero-order chi connectivity index (χ0) is 20.3. The molecular formula is C21H28FN5O. The summed E-state index contributed by atoms with van der Waals surface area (Å²) in [7, 11) is 3.55. The van der Waals surface area contributed by atoms with E-state index >= 15 is 0 Å². The molecule has 1 aliphatic rings. The van der Waals surface area contributed by atoms with Crippen LogP contribution in [0.25, 0.3) is 0 Å². The van der Waals surface area contributed by atoms with E-state index in [1.807, 2.05) is 24.8 Å². The van der Waals surface area contributed by atoms with Gasteiger partial charge in [0.2, 0.25) is 0 Å². The Bertz CT molecular complexity index is 855. The number of amides is 2. The van der Waals surface area contributed by atoms with Crippen LogP contribution in [0, 0.1) is 19.7 Å². The van der Waals surface area contributed by atoms with Crippen molar-refractivity contribution in [3.8, 4) is 0 Å². The molecule has 0 radical (unpaired) electrons. The lowest BCUT2D eigenvalue weighted by Gasteiger charge is -2.27. The molecule has 0 aliphatic carbocycles. The highest BCUT2D eigenvalue weighted by atomic mass is 19.1. The molecule has 0 atom stereocenters. The lowest BCUT2D eigenvalue weighted by Crippen LogP contribution is -2.41. The number of benzene rings is 1. The van der Waals surface area contributed by atoms with Crippen LogP contribution in [0.15, 0.2) is 24.3 Å². The first-order valence-electron chi connectivity index (χ1n) is 9.65. The van der Waals surface area contributed by atoms with Gasteiger partial charge in [-0.3, -0.25) is 0 Å². The van der Waals surface area contributed by atoms with Crippen molar-refractivity contribution < 1.29 is 9.18 Å². The summed E-state index contributed by atoms with van der Waals surface area (Å²) < 4.78 is 13.6. The fourth-order valence-electron chi connectivity index (χ4n) is 3.64. The van der Waals surface area contributed by atoms with E-state index < -0.39 is 0 Å². The van der Waals surface area contributed by atoms with Gasteiger partial charge in [0.15, 0.2) is 0 Å². The fourth-order valence-corrected chi connectivity index (χ4v) is 3.64. The van der Waals surface area contributed by atoms with E-state index in [-0.39, 0.29) is 11.8 Å². The highest BCUT2D eigenvalue weighted by molar-refractivity contribution is 5.74. The number of hydrogen-bond donors (Lipinski definition) is 0. The van der Waals surface area contributed by atoms with Crippen molar-refractivity contribution in [2.24, 2.45) is 0 Å². The van der Waals surface area contributed by atoms with E-state index in [9.17, 15) is 9.18 Å². The number of aryl methyl sites for hydroxylation is 2. The SMILES string of the molecule is Cc1nc(C)c(Cc2cccc(F)c2)c(N2CCCN(C(=O)N(C)C)CC2)n1. The van der Waals surface area contributed by atoms with Crippen LogP contribution < -0.4 is 4.90 Å². The summed E-state index contributed by atoms with van der Waals surface area (Å²) in [5.41, 5.74) is 2.83. The van der Waals surface area contributed by atoms with Gasteiger partial charge in [-0.1, -0.05) is 12.1 Å². The average molecular weight is 385 g/mol. The number of aromatic nitrogens is 2. The zero-order valence-electron chi connectivity index (χ0n) is 17.1. The van der Waals surface area contributed by atoms with Gasteiger partial charge < -0.3 is 14.7 Å². The molecule has 0 bridgehead atoms. The van der Waals surface area contributed by atoms with Crippen molar-refractivity contribution >= 4 is 11.8 Å². The summed E-state index contributed by atoms with van der Waals surface area (Å²) >= 11 is 0. The van der Waals surface area contributed by atoms with E-state index in [2.05, 4.69) is 9.88 Å². The van der Waals surface area contributed by atoms with Gasteiger partial charge in [0.05, 0.1) is 0 Å². The van der Waals surface area contributed by atoms with Crippen molar-refractivity contribution in [1.29, 1.82) is 0 Å². The molecule has 2 heterocycles. The van der Waals surface area contributed by atoms with Crippen LogP contribution >= 0.6 is 0 Å². The van der Waals surface area contributed by atoms with Gasteiger partial charge in [-0.15, -0.1) is 0 Å². The minimum atomic E-state index is -0.239. The molecule has 0 spiro atoms. The van der Waals surface area contributed by atoms with Gasteiger partial charge in [0, 0.05) is 58.0 Å². The van der Waals surface area contributed by atoms with E-state index in [4.69, 9.17) is 4.98 Å². The number of carbonyl (C=O) groups excluding carboxylic acids is 1. The fraction of sp³-hybridized carbons (Fsp3) is 0.476. The number of nitrogens with zero attached hydrogens (tertiary/aromatic N) is 5. The summed E-state index contributed by atoms with van der Waals surface area (Å²) in [6.07, 6.45) is 1.46. The van der Waals surface area contributed by atoms with Gasteiger partial charge in [0.1, 0.15) is 17.5 Å². The normalized spacial score (nSPS) is 14.8. The topological polar surface area (TPSA) is 52.6 Å². The molecule has 1 fully saturated rings. The van der Waals surface area contributed by atoms with Crippen molar-refractivity contribution in [3.05, 3.63) is 52.7 Å². The van der Waals surface area contributed by atoms with Crippen LogP contribution in [-0.4, -0.2) is 66.1 Å². The van der Waals surface area contributed by atoms with Gasteiger partial charge in [-0.05, 0) is 38.0 Å². The molecule has 28 heavy (non-hydrogen) atoms. The van der Waals surface area contributed by atoms with E-state index in [1.54, 1.807) is 31.1 Å². The molecule has 0 N–H and O–H groups in total. The van der Waals surface area contributed by atoms with Gasteiger partial charge in [0.25, 0.3) is 0 Å². The highest BCUT2D eigenvalue weighted by Gasteiger charge is 2.23. The van der Waals surface area contributed by atoms with Gasteiger partial charge >= 0.3 is 6.03 Å². The van der Waals surface area contributed by atoms with Crippen LogP contribution in [0.4, 0.5) is 15.0 Å². The lowest BCUT2D eigenvalue weighted by atomic mass is 10.0. The quantitative estimate of drug-likeness (QED) is 0.815. The van der Waals surface area contributed by atoms with Gasteiger partial charge in [-0.25, -0.2) is 19.2 Å². The number of urea groups is 1. The monoisotopic (exact) mass is 385 g/mol. The summed E-state index contributed by atoms with van der Waals surface area (Å²) in [6.45, 7) is 6.79. The molecule has 0 unspecified atom stereocenters. The molecular weight excluding hydrogens is 357 g/mol. The minimum absolute atomic E-state index is 0.0388. The van der Waals surface area contributed by atoms with Crippen LogP contribution in [0.1, 0.15) is 29.1 Å². The van der Waals surface area contributed by atoms with Crippen LogP contribution in [0.2, 0.25) is 0 Å². The van der Waals surface area contributed by atoms with Crippen molar-refractivity contribution in [3.63, 3.8) is 0 Å². The zero-order valence-corrected chi connectivity index (χ0v) is 17.1. The summed E-state index contributed by atoms with van der Waals surface area (Å²) in [5.74, 6) is 1.38. The summed E-state index contributed by atoms with van der Waals surface area (Å²) in [5, 5.41) is 0. The van der Waals surface area contributed by atoms with Gasteiger partial charge in [-0.2, -0.15) is 0 Å². The third-order valence-electron chi connectivity index (χ3n) is 5.02. The molecule has 1 aromatic heterocycles. The number of halogens is 1. The molecule has 6 nitrogen and oxygen atoms in total. The van der Waals surface area contributed by atoms with E-state index in [0.717, 1.165) is 48.0 Å². The smallest absolute Gasteiger partial charge is 0.319 e. The lowest BCUT2D eigenvalue weighted by molar-refractivity contribution is 0.174. The first-order chi connectivity index (χ1) is 13.3. The molecule has 2 amide bonds. The molecule has 1 saturated heterocycles. The standard InChI is InChI=1S/C21H28FN5O/c1-15-19(14-17-7-5-8-18(22)13-17)20(24-16(2)23-15)26-9-6-10-27(12-11-26)21(28)25(3)4/h5,7-8,13H,6,9-12,14H2,1-4H3. The summed E-state index contributed by atoms with van der Waals surface area (Å²) in [4.78, 5) is 27.3. The highest BCUT2D eigenvalue weighted by Crippen LogP contribution is 2.25. The Morgan fingerprint density at radius 3 is 2.64 bits per heavy atom. The first-order valence-corrected chi connectivity index (χ1v) is 9.65. The first kappa shape index (κ1) is 20.0. The predicted octanol–water partition coefficient (Wildman–Crippen LogP) is 3.02. The number of rotatable bonds is 3. The average Bonchev–Trinajstić information content (AvgIpc) is 2.89. The maximum Gasteiger partial charge on any atom is 0.319 e. The number of hydrogen-bond acceptors (Lipinski definition) is 4. The molecule has 1 aromatic carbocycles. The van der Waals surface area contributed by atoms with E-state index in [0.29, 0.717) is 19.5 Å². The molecule has 150 valence electrons. The number of carbonyl (C=O) groups is 1. The van der Waals surface area contributed by atoms with Crippen LogP contribution in [0.3, 0.4) is 0 Å². The third kappa shape index (κ3) is 4.58. The minimum Gasteiger partial charge on any atom is -0.354 e. The van der Waals surface area contributed by atoms with E-state index in [1.165, 1.54) is 6.07 Å². The molecule has 2 aromatic rings. The Labute approximate surface area is 166 Å². The van der Waals surface area contributed by atoms with Crippen LogP contribution in [0.5, 0.6) is 0 Å². The number of anilines is 1. The van der Waals surface area contributed by atoms with Crippen molar-refractivity contribution in [2.75, 3.05) is 45.2 Å². The maximum absolute atomic E-state index is 13.6. The maximum atomic E-state index is 13.6. The summed E-state index contributed by atoms with van der Waals surface area (Å²) in [6, 6.07) is 6.70. The Hall–Kier alpha value is -2.70. The molecule has 7 heteroatoms.